The first-order valence-corrected chi connectivity index (χ1v) is 9.65. The molecule has 27 heavy (non-hydrogen) atoms. The summed E-state index contributed by atoms with van der Waals surface area (Å²) in [6.45, 7) is 3.04. The summed E-state index contributed by atoms with van der Waals surface area (Å²) in [7, 11) is 0. The topological polar surface area (TPSA) is 50.4 Å². The number of nitrogens with one attached hydrogen (secondary N) is 2. The van der Waals surface area contributed by atoms with Gasteiger partial charge in [-0.2, -0.15) is 0 Å². The third-order valence-electron chi connectivity index (χ3n) is 3.79. The van der Waals surface area contributed by atoms with Crippen LogP contribution in [0.25, 0.3) is 0 Å². The van der Waals surface area contributed by atoms with Crippen LogP contribution in [-0.2, 0) is 6.54 Å². The highest BCUT2D eigenvalue weighted by Gasteiger charge is 2.08. The predicted molar refractivity (Wildman–Crippen MR) is 110 cm³/mol. The maximum atomic E-state index is 12.3. The molecule has 0 aliphatic heterocycles. The fourth-order valence-corrected chi connectivity index (χ4v) is 3.42. The van der Waals surface area contributed by atoms with E-state index in [4.69, 9.17) is 4.74 Å². The van der Waals surface area contributed by atoms with Crippen LogP contribution in [0.3, 0.4) is 0 Å². The Morgan fingerprint density at radius 2 is 1.63 bits per heavy atom. The number of urea groups is 1. The molecule has 0 bridgehead atoms. The summed E-state index contributed by atoms with van der Waals surface area (Å²) in [5.41, 5.74) is 1.80. The number of para-hydroxylation sites is 1. The smallest absolute Gasteiger partial charge is 0.319 e. The number of rotatable bonds is 7. The van der Waals surface area contributed by atoms with Crippen molar-refractivity contribution < 1.29 is 9.53 Å². The molecule has 0 saturated heterocycles. The van der Waals surface area contributed by atoms with Gasteiger partial charge in [-0.3, -0.25) is 0 Å². The van der Waals surface area contributed by atoms with Crippen molar-refractivity contribution in [3.63, 3.8) is 0 Å². The highest BCUT2D eigenvalue weighted by atomic mass is 32.2. The number of hydrogen-bond acceptors (Lipinski definition) is 3. The molecule has 0 aliphatic carbocycles. The number of benzene rings is 3. The van der Waals surface area contributed by atoms with Crippen LogP contribution in [0.15, 0.2) is 88.7 Å². The van der Waals surface area contributed by atoms with Crippen molar-refractivity contribution in [3.8, 4) is 5.75 Å². The maximum absolute atomic E-state index is 12.3. The molecule has 2 N–H and O–H groups in total. The van der Waals surface area contributed by atoms with Crippen LogP contribution >= 0.6 is 11.8 Å². The van der Waals surface area contributed by atoms with Crippen molar-refractivity contribution in [2.24, 2.45) is 0 Å². The number of anilines is 1. The van der Waals surface area contributed by atoms with Crippen LogP contribution in [0.2, 0.25) is 0 Å². The molecule has 3 aromatic rings. The number of carbonyl (C=O) groups excluding carboxylic acids is 1. The Morgan fingerprint density at radius 3 is 2.37 bits per heavy atom. The van der Waals surface area contributed by atoms with Gasteiger partial charge in [0.05, 0.1) is 12.3 Å². The second-order valence-corrected chi connectivity index (χ2v) is 6.91. The Bertz CT molecular complexity index is 867. The van der Waals surface area contributed by atoms with Gasteiger partial charge in [0, 0.05) is 16.3 Å². The lowest BCUT2D eigenvalue weighted by molar-refractivity contribution is 0.251. The van der Waals surface area contributed by atoms with E-state index in [-0.39, 0.29) is 6.03 Å². The minimum atomic E-state index is -0.231. The highest BCUT2D eigenvalue weighted by molar-refractivity contribution is 7.99. The molecule has 4 nitrogen and oxygen atoms in total. The van der Waals surface area contributed by atoms with E-state index in [0.29, 0.717) is 13.2 Å². The van der Waals surface area contributed by atoms with Crippen LogP contribution in [0.5, 0.6) is 5.75 Å². The molecule has 2 amide bonds. The fraction of sp³-hybridized carbons (Fsp3) is 0.136. The summed E-state index contributed by atoms with van der Waals surface area (Å²) in [6, 6.07) is 25.4. The summed E-state index contributed by atoms with van der Waals surface area (Å²) in [6.07, 6.45) is 0. The summed E-state index contributed by atoms with van der Waals surface area (Å²) in [4.78, 5) is 14.4. The van der Waals surface area contributed by atoms with E-state index >= 15 is 0 Å². The molecule has 0 unspecified atom stereocenters. The largest absolute Gasteiger partial charge is 0.494 e. The average molecular weight is 378 g/mol. The zero-order chi connectivity index (χ0) is 18.9. The Kier molecular flexibility index (Phi) is 6.77. The molecule has 3 rings (SSSR count). The zero-order valence-electron chi connectivity index (χ0n) is 15.1. The predicted octanol–water partition coefficient (Wildman–Crippen LogP) is 5.56. The van der Waals surface area contributed by atoms with Gasteiger partial charge in [-0.25, -0.2) is 4.79 Å². The van der Waals surface area contributed by atoms with E-state index in [9.17, 15) is 4.79 Å². The summed E-state index contributed by atoms with van der Waals surface area (Å²) in [5.74, 6) is 0.831. The number of ether oxygens (including phenoxy) is 1. The second-order valence-electron chi connectivity index (χ2n) is 5.80. The molecule has 3 aromatic carbocycles. The fourth-order valence-electron chi connectivity index (χ4n) is 2.49. The molecule has 0 aliphatic rings. The van der Waals surface area contributed by atoms with Gasteiger partial charge in [0.1, 0.15) is 5.75 Å². The van der Waals surface area contributed by atoms with Gasteiger partial charge in [0.15, 0.2) is 0 Å². The quantitative estimate of drug-likeness (QED) is 0.566. The van der Waals surface area contributed by atoms with Gasteiger partial charge in [0.25, 0.3) is 0 Å². The molecular weight excluding hydrogens is 356 g/mol. The summed E-state index contributed by atoms with van der Waals surface area (Å²) in [5, 5.41) is 5.83. The Labute approximate surface area is 164 Å². The molecule has 0 fully saturated rings. The molecule has 0 radical (unpaired) electrons. The maximum Gasteiger partial charge on any atom is 0.319 e. The monoisotopic (exact) mass is 378 g/mol. The Hall–Kier alpha value is -2.92. The first-order valence-electron chi connectivity index (χ1n) is 8.83. The molecule has 0 saturated carbocycles. The van der Waals surface area contributed by atoms with Crippen molar-refractivity contribution in [2.45, 2.75) is 23.3 Å². The van der Waals surface area contributed by atoms with Gasteiger partial charge >= 0.3 is 6.03 Å². The molecule has 138 valence electrons. The lowest BCUT2D eigenvalue weighted by Gasteiger charge is -2.12. The van der Waals surface area contributed by atoms with E-state index in [2.05, 4.69) is 10.6 Å². The van der Waals surface area contributed by atoms with Crippen LogP contribution in [-0.4, -0.2) is 12.6 Å². The van der Waals surface area contributed by atoms with Gasteiger partial charge in [-0.1, -0.05) is 54.2 Å². The molecule has 0 spiro atoms. The Balaban J connectivity index is 1.57. The number of amides is 2. The first kappa shape index (κ1) is 18.9. The number of hydrogen-bond donors (Lipinski definition) is 2. The van der Waals surface area contributed by atoms with Crippen molar-refractivity contribution in [1.82, 2.24) is 5.32 Å². The molecular formula is C22H22N2O2S. The third-order valence-corrected chi connectivity index (χ3v) is 4.88. The summed E-state index contributed by atoms with van der Waals surface area (Å²) < 4.78 is 5.43. The normalized spacial score (nSPS) is 10.3. The number of carbonyl (C=O) groups is 1. The first-order chi connectivity index (χ1) is 13.2. The standard InChI is InChI=1S/C22H22N2O2S/c1-2-26-18-14-12-17(13-15-18)16-23-22(25)24-20-10-6-7-11-21(20)27-19-8-4-3-5-9-19/h3-15H,2,16H2,1H3,(H2,23,24,25). The second kappa shape index (κ2) is 9.69. The van der Waals surface area contributed by atoms with E-state index in [1.807, 2.05) is 85.8 Å². The molecule has 5 heteroatoms. The lowest BCUT2D eigenvalue weighted by Crippen LogP contribution is -2.28. The van der Waals surface area contributed by atoms with Gasteiger partial charge in [-0.05, 0) is 48.9 Å². The van der Waals surface area contributed by atoms with Crippen LogP contribution < -0.4 is 15.4 Å². The van der Waals surface area contributed by atoms with E-state index < -0.39 is 0 Å². The van der Waals surface area contributed by atoms with E-state index in [1.54, 1.807) is 11.8 Å². The molecule has 0 atom stereocenters. The van der Waals surface area contributed by atoms with Gasteiger partial charge in [0.2, 0.25) is 0 Å². The van der Waals surface area contributed by atoms with E-state index in [1.165, 1.54) is 0 Å². The minimum Gasteiger partial charge on any atom is -0.494 e. The van der Waals surface area contributed by atoms with Crippen LogP contribution in [0, 0.1) is 0 Å². The van der Waals surface area contributed by atoms with Crippen molar-refractivity contribution in [2.75, 3.05) is 11.9 Å². The summed E-state index contributed by atoms with van der Waals surface area (Å²) >= 11 is 1.62. The van der Waals surface area contributed by atoms with Crippen molar-refractivity contribution >= 4 is 23.5 Å². The average Bonchev–Trinajstić information content (AvgIpc) is 2.70. The van der Waals surface area contributed by atoms with Crippen LogP contribution in [0.1, 0.15) is 12.5 Å². The molecule has 0 aromatic heterocycles. The van der Waals surface area contributed by atoms with Crippen LogP contribution in [0.4, 0.5) is 10.5 Å². The van der Waals surface area contributed by atoms with Crippen molar-refractivity contribution in [1.29, 1.82) is 0 Å². The SMILES string of the molecule is CCOc1ccc(CNC(=O)Nc2ccccc2Sc2ccccc2)cc1. The Morgan fingerprint density at radius 1 is 0.926 bits per heavy atom. The van der Waals surface area contributed by atoms with Gasteiger partial charge in [-0.15, -0.1) is 0 Å². The zero-order valence-corrected chi connectivity index (χ0v) is 16.0. The minimum absolute atomic E-state index is 0.231. The van der Waals surface area contributed by atoms with Crippen molar-refractivity contribution in [3.05, 3.63) is 84.4 Å². The van der Waals surface area contributed by atoms with E-state index in [0.717, 1.165) is 26.8 Å². The van der Waals surface area contributed by atoms with Gasteiger partial charge < -0.3 is 15.4 Å². The highest BCUT2D eigenvalue weighted by Crippen LogP contribution is 2.33. The molecule has 0 heterocycles. The third kappa shape index (κ3) is 5.79. The lowest BCUT2D eigenvalue weighted by atomic mass is 10.2.